The summed E-state index contributed by atoms with van der Waals surface area (Å²) in [6.07, 6.45) is 0.249. The number of hydrogen-bond donors (Lipinski definition) is 2. The van der Waals surface area contributed by atoms with Gasteiger partial charge in [-0.3, -0.25) is 9.48 Å². The molecule has 5 aromatic rings. The fourth-order valence-electron chi connectivity index (χ4n) is 4.84. The topological polar surface area (TPSA) is 71.8 Å². The summed E-state index contributed by atoms with van der Waals surface area (Å²) in [7, 11) is 0. The largest absolute Gasteiger partial charge is 0.341 e. The second-order valence-electron chi connectivity index (χ2n) is 8.70. The van der Waals surface area contributed by atoms with E-state index in [0.29, 0.717) is 54.4 Å². The number of anilines is 2. The van der Waals surface area contributed by atoms with Crippen LogP contribution in [0, 0.1) is 5.82 Å². The lowest BCUT2D eigenvalue weighted by Crippen LogP contribution is -2.20. The van der Waals surface area contributed by atoms with Crippen LogP contribution < -0.4 is 10.6 Å². The van der Waals surface area contributed by atoms with Gasteiger partial charge in [0.15, 0.2) is 0 Å². The van der Waals surface area contributed by atoms with Gasteiger partial charge in [-0.2, -0.15) is 5.10 Å². The van der Waals surface area contributed by atoms with Crippen LogP contribution in [0.25, 0.3) is 21.7 Å². The molecule has 0 saturated heterocycles. The van der Waals surface area contributed by atoms with E-state index in [2.05, 4.69) is 20.7 Å². The Bertz CT molecular complexity index is 1780. The lowest BCUT2D eigenvalue weighted by molar-refractivity contribution is 0.0961. The predicted molar refractivity (Wildman–Crippen MR) is 142 cm³/mol. The number of fused-ring (bicyclic) bond motifs is 4. The van der Waals surface area contributed by atoms with Gasteiger partial charge in [-0.05, 0) is 42.5 Å². The summed E-state index contributed by atoms with van der Waals surface area (Å²) in [5, 5.41) is 12.9. The first kappa shape index (κ1) is 24.8. The SMILES string of the molecule is O=C1NC(c2cc(F)ccc2Cl)c2c(Nc3nccc4c(Cl)cc(Cl)cc34)cc3c(cnn3CC(F)F)c21. The molecule has 0 aliphatic carbocycles. The molecule has 3 heterocycles. The van der Waals surface area contributed by atoms with E-state index in [-0.39, 0.29) is 10.6 Å². The summed E-state index contributed by atoms with van der Waals surface area (Å²) in [5.74, 6) is -0.656. The summed E-state index contributed by atoms with van der Waals surface area (Å²) in [5.41, 5.74) is 1.66. The number of hydrogen-bond acceptors (Lipinski definition) is 4. The minimum Gasteiger partial charge on any atom is -0.341 e. The van der Waals surface area contributed by atoms with Crippen molar-refractivity contribution in [2.45, 2.75) is 19.0 Å². The van der Waals surface area contributed by atoms with Crippen molar-refractivity contribution in [1.29, 1.82) is 0 Å². The molecule has 0 radical (unpaired) electrons. The quantitative estimate of drug-likeness (QED) is 0.227. The fraction of sp³-hybridized carbons (Fsp3) is 0.115. The Kier molecular flexibility index (Phi) is 6.09. The molecule has 0 saturated carbocycles. The molecule has 0 fully saturated rings. The summed E-state index contributed by atoms with van der Waals surface area (Å²) in [4.78, 5) is 17.7. The molecule has 2 N–H and O–H groups in total. The molecule has 0 bridgehead atoms. The maximum absolute atomic E-state index is 14.2. The Balaban J connectivity index is 1.62. The van der Waals surface area contributed by atoms with Crippen molar-refractivity contribution in [1.82, 2.24) is 20.1 Å². The maximum atomic E-state index is 14.2. The van der Waals surface area contributed by atoms with E-state index < -0.39 is 30.7 Å². The van der Waals surface area contributed by atoms with Gasteiger partial charge in [-0.1, -0.05) is 34.8 Å². The number of rotatable bonds is 5. The maximum Gasteiger partial charge on any atom is 0.257 e. The zero-order valence-electron chi connectivity index (χ0n) is 19.1. The molecular weight excluding hydrogens is 562 g/mol. The first-order chi connectivity index (χ1) is 18.2. The van der Waals surface area contributed by atoms with Gasteiger partial charge in [-0.25, -0.2) is 18.2 Å². The number of carbonyl (C=O) groups is 1. The van der Waals surface area contributed by atoms with Crippen molar-refractivity contribution < 1.29 is 18.0 Å². The number of halogens is 6. The van der Waals surface area contributed by atoms with Gasteiger partial charge in [0.05, 0.1) is 28.3 Å². The number of aromatic nitrogens is 3. The van der Waals surface area contributed by atoms with Crippen molar-refractivity contribution in [2.24, 2.45) is 0 Å². The van der Waals surface area contributed by atoms with Gasteiger partial charge in [0.1, 0.15) is 18.2 Å². The van der Waals surface area contributed by atoms with E-state index in [4.69, 9.17) is 34.8 Å². The highest BCUT2D eigenvalue weighted by molar-refractivity contribution is 6.39. The zero-order chi connectivity index (χ0) is 26.7. The van der Waals surface area contributed by atoms with Crippen LogP contribution in [0.15, 0.2) is 54.9 Å². The lowest BCUT2D eigenvalue weighted by atomic mass is 9.94. The molecule has 2 aromatic heterocycles. The molecule has 0 spiro atoms. The monoisotopic (exact) mass is 575 g/mol. The fourth-order valence-corrected chi connectivity index (χ4v) is 5.62. The van der Waals surface area contributed by atoms with E-state index >= 15 is 0 Å². The second kappa shape index (κ2) is 9.34. The summed E-state index contributed by atoms with van der Waals surface area (Å²) in [6, 6.07) is 9.64. The van der Waals surface area contributed by atoms with Crippen molar-refractivity contribution in [3.63, 3.8) is 0 Å². The van der Waals surface area contributed by atoms with Crippen molar-refractivity contribution in [3.05, 3.63) is 92.4 Å². The molecule has 1 unspecified atom stereocenters. The Hall–Kier alpha value is -3.53. The summed E-state index contributed by atoms with van der Waals surface area (Å²) < 4.78 is 42.0. The van der Waals surface area contributed by atoms with E-state index in [0.717, 1.165) is 4.68 Å². The number of benzene rings is 3. The minimum atomic E-state index is -2.67. The van der Waals surface area contributed by atoms with Crippen LogP contribution in [0.5, 0.6) is 0 Å². The Morgan fingerprint density at radius 3 is 2.63 bits per heavy atom. The molecule has 12 heteroatoms. The van der Waals surface area contributed by atoms with Gasteiger partial charge in [0, 0.05) is 49.2 Å². The van der Waals surface area contributed by atoms with E-state index in [1.807, 2.05) is 0 Å². The minimum absolute atomic E-state index is 0.215. The number of amides is 1. The molecule has 1 atom stereocenters. The first-order valence-corrected chi connectivity index (χ1v) is 12.4. The second-order valence-corrected chi connectivity index (χ2v) is 9.95. The predicted octanol–water partition coefficient (Wildman–Crippen LogP) is 7.53. The highest BCUT2D eigenvalue weighted by Gasteiger charge is 2.36. The van der Waals surface area contributed by atoms with Crippen molar-refractivity contribution in [2.75, 3.05) is 5.32 Å². The van der Waals surface area contributed by atoms with Gasteiger partial charge < -0.3 is 10.6 Å². The van der Waals surface area contributed by atoms with Crippen molar-refractivity contribution >= 4 is 73.9 Å². The third-order valence-corrected chi connectivity index (χ3v) is 7.28. The highest BCUT2D eigenvalue weighted by atomic mass is 35.5. The normalized spacial score (nSPS) is 14.9. The van der Waals surface area contributed by atoms with Gasteiger partial charge in [0.25, 0.3) is 12.3 Å². The average Bonchev–Trinajstić information content (AvgIpc) is 3.41. The Morgan fingerprint density at radius 1 is 1.03 bits per heavy atom. The van der Waals surface area contributed by atoms with Gasteiger partial charge in [-0.15, -0.1) is 0 Å². The smallest absolute Gasteiger partial charge is 0.257 e. The Morgan fingerprint density at radius 2 is 1.84 bits per heavy atom. The van der Waals surface area contributed by atoms with Crippen molar-refractivity contribution in [3.8, 4) is 0 Å². The average molecular weight is 577 g/mol. The molecule has 6 nitrogen and oxygen atoms in total. The lowest BCUT2D eigenvalue weighted by Gasteiger charge is -2.19. The first-order valence-electron chi connectivity index (χ1n) is 11.3. The van der Waals surface area contributed by atoms with Gasteiger partial charge in [0.2, 0.25) is 0 Å². The van der Waals surface area contributed by atoms with Crippen LogP contribution in [0.1, 0.15) is 27.5 Å². The van der Waals surface area contributed by atoms with E-state index in [1.54, 1.807) is 30.5 Å². The third kappa shape index (κ3) is 4.11. The number of nitrogens with one attached hydrogen (secondary N) is 2. The van der Waals surface area contributed by atoms with Crippen LogP contribution in [-0.4, -0.2) is 27.1 Å². The molecular formula is C26H15Cl3F3N5O. The Labute approximate surface area is 228 Å². The molecule has 1 aliphatic rings. The molecule has 1 aliphatic heterocycles. The molecule has 3 aromatic carbocycles. The third-order valence-electron chi connectivity index (χ3n) is 6.41. The standard InChI is InChI=1S/C26H15Cl3F3N5O/c27-11-5-14-13(18(29)6-11)3-4-33-25(14)35-19-8-20-16(9-34-37(20)10-21(31)32)22-23(19)24(36-26(22)38)15-7-12(30)1-2-17(15)28/h1-9,21,24H,10H2,(H,33,35)(H,36,38). The highest BCUT2D eigenvalue weighted by Crippen LogP contribution is 2.44. The molecule has 6 rings (SSSR count). The van der Waals surface area contributed by atoms with Crippen LogP contribution in [0.4, 0.5) is 24.7 Å². The van der Waals surface area contributed by atoms with Crippen LogP contribution in [0.3, 0.4) is 0 Å². The van der Waals surface area contributed by atoms with Crippen LogP contribution >= 0.6 is 34.8 Å². The van der Waals surface area contributed by atoms with Crippen LogP contribution in [-0.2, 0) is 6.54 Å². The molecule has 38 heavy (non-hydrogen) atoms. The van der Waals surface area contributed by atoms with E-state index in [1.165, 1.54) is 24.4 Å². The number of alkyl halides is 2. The van der Waals surface area contributed by atoms with E-state index in [9.17, 15) is 18.0 Å². The zero-order valence-corrected chi connectivity index (χ0v) is 21.3. The summed E-state index contributed by atoms with van der Waals surface area (Å²) in [6.45, 7) is -0.666. The van der Waals surface area contributed by atoms with Gasteiger partial charge >= 0.3 is 0 Å². The number of pyridine rings is 1. The number of nitrogens with zero attached hydrogens (tertiary/aromatic N) is 3. The van der Waals surface area contributed by atoms with Crippen LogP contribution in [0.2, 0.25) is 15.1 Å². The summed E-state index contributed by atoms with van der Waals surface area (Å²) >= 11 is 19.1. The molecule has 192 valence electrons. The number of carbonyl (C=O) groups excluding carboxylic acids is 1. The molecule has 1 amide bonds.